The van der Waals surface area contributed by atoms with E-state index in [-0.39, 0.29) is 5.91 Å². The van der Waals surface area contributed by atoms with Crippen molar-refractivity contribution in [2.75, 3.05) is 27.4 Å². The van der Waals surface area contributed by atoms with Gasteiger partial charge in [-0.15, -0.1) is 0 Å². The van der Waals surface area contributed by atoms with Gasteiger partial charge in [0.15, 0.2) is 4.80 Å². The average Bonchev–Trinajstić information content (AvgIpc) is 3.05. The lowest BCUT2D eigenvalue weighted by atomic mass is 10.2. The number of rotatable bonds is 7. The molecule has 1 heterocycles. The van der Waals surface area contributed by atoms with Crippen LogP contribution in [-0.4, -0.2) is 37.9 Å². The minimum atomic E-state index is -0.344. The Bertz CT molecular complexity index is 1010. The molecule has 1 aromatic heterocycles. The van der Waals surface area contributed by atoms with Crippen LogP contribution in [-0.2, 0) is 11.3 Å². The van der Waals surface area contributed by atoms with E-state index in [1.54, 1.807) is 32.4 Å². The number of methoxy groups -OCH3 is 2. The number of benzene rings is 2. The fourth-order valence-corrected chi connectivity index (χ4v) is 3.90. The number of nitrogens with zero attached hydrogens (tertiary/aromatic N) is 2. The standard InChI is InChI=1S/C20H22N2O4S/c1-4-26-13-12-22-18-16(25-3)10-7-11-17(18)27-20(22)21-19(23)14-8-5-6-9-15(14)24-2/h5-11H,4,12-13H2,1-3H3. The first kappa shape index (κ1) is 19.1. The molecule has 0 fully saturated rings. The van der Waals surface area contributed by atoms with Gasteiger partial charge in [-0.25, -0.2) is 0 Å². The highest BCUT2D eigenvalue weighted by molar-refractivity contribution is 7.16. The van der Waals surface area contributed by atoms with Gasteiger partial charge in [0, 0.05) is 13.2 Å². The molecule has 0 radical (unpaired) electrons. The molecule has 6 nitrogen and oxygen atoms in total. The molecule has 0 aliphatic carbocycles. The van der Waals surface area contributed by atoms with Crippen LogP contribution in [0.1, 0.15) is 17.3 Å². The molecule has 7 heteroatoms. The Balaban J connectivity index is 2.13. The van der Waals surface area contributed by atoms with Gasteiger partial charge in [-0.1, -0.05) is 29.5 Å². The van der Waals surface area contributed by atoms with Gasteiger partial charge in [0.2, 0.25) is 0 Å². The maximum absolute atomic E-state index is 12.8. The van der Waals surface area contributed by atoms with Crippen LogP contribution < -0.4 is 14.3 Å². The zero-order valence-electron chi connectivity index (χ0n) is 15.6. The van der Waals surface area contributed by atoms with Crippen LogP contribution in [0.2, 0.25) is 0 Å². The molecule has 3 rings (SSSR count). The van der Waals surface area contributed by atoms with Crippen molar-refractivity contribution in [3.05, 3.63) is 52.8 Å². The minimum Gasteiger partial charge on any atom is -0.496 e. The van der Waals surface area contributed by atoms with Crippen molar-refractivity contribution in [1.82, 2.24) is 4.57 Å². The zero-order chi connectivity index (χ0) is 19.2. The minimum absolute atomic E-state index is 0.344. The molecule has 0 aliphatic rings. The number of amides is 1. The van der Waals surface area contributed by atoms with Crippen molar-refractivity contribution in [1.29, 1.82) is 0 Å². The molecule has 2 aromatic carbocycles. The van der Waals surface area contributed by atoms with Crippen molar-refractivity contribution >= 4 is 27.5 Å². The summed E-state index contributed by atoms with van der Waals surface area (Å²) in [5.74, 6) is 0.903. The SMILES string of the molecule is CCOCCn1c(=NC(=O)c2ccccc2OC)sc2cccc(OC)c21. The topological polar surface area (TPSA) is 62.1 Å². The summed E-state index contributed by atoms with van der Waals surface area (Å²) in [5, 5.41) is 0. The molecule has 3 aromatic rings. The molecule has 0 bridgehead atoms. The van der Waals surface area contributed by atoms with Gasteiger partial charge in [-0.05, 0) is 31.2 Å². The Kier molecular flexibility index (Phi) is 6.26. The average molecular weight is 386 g/mol. The molecule has 142 valence electrons. The summed E-state index contributed by atoms with van der Waals surface area (Å²) in [6.07, 6.45) is 0. The van der Waals surface area contributed by atoms with Gasteiger partial charge in [0.05, 0.1) is 31.1 Å². The second-order valence-corrected chi connectivity index (χ2v) is 6.67. The normalized spacial score (nSPS) is 11.7. The largest absolute Gasteiger partial charge is 0.496 e. The predicted molar refractivity (Wildman–Crippen MR) is 106 cm³/mol. The Hall–Kier alpha value is -2.64. The first-order valence-electron chi connectivity index (χ1n) is 8.65. The number of para-hydroxylation sites is 2. The van der Waals surface area contributed by atoms with Gasteiger partial charge >= 0.3 is 0 Å². The maximum atomic E-state index is 12.8. The summed E-state index contributed by atoms with van der Waals surface area (Å²) in [5.41, 5.74) is 1.34. The number of hydrogen-bond donors (Lipinski definition) is 0. The molecule has 0 saturated carbocycles. The van der Waals surface area contributed by atoms with Gasteiger partial charge in [-0.3, -0.25) is 4.79 Å². The van der Waals surface area contributed by atoms with Crippen molar-refractivity contribution < 1.29 is 19.0 Å². The quantitative estimate of drug-likeness (QED) is 0.583. The van der Waals surface area contributed by atoms with Crippen LogP contribution in [0.4, 0.5) is 0 Å². The fraction of sp³-hybridized carbons (Fsp3) is 0.300. The van der Waals surface area contributed by atoms with E-state index in [0.717, 1.165) is 16.0 Å². The highest BCUT2D eigenvalue weighted by Gasteiger charge is 2.14. The molecule has 0 unspecified atom stereocenters. The Morgan fingerprint density at radius 1 is 1.07 bits per heavy atom. The molecule has 1 amide bonds. The van der Waals surface area contributed by atoms with Gasteiger partial charge in [-0.2, -0.15) is 4.99 Å². The monoisotopic (exact) mass is 386 g/mol. The Morgan fingerprint density at radius 3 is 2.56 bits per heavy atom. The molecule has 0 saturated heterocycles. The number of carbonyl (C=O) groups excluding carboxylic acids is 1. The third-order valence-corrected chi connectivity index (χ3v) is 5.13. The summed E-state index contributed by atoms with van der Waals surface area (Å²) >= 11 is 1.45. The third kappa shape index (κ3) is 4.04. The van der Waals surface area contributed by atoms with Gasteiger partial charge < -0.3 is 18.8 Å². The van der Waals surface area contributed by atoms with Crippen LogP contribution in [0.25, 0.3) is 10.2 Å². The second kappa shape index (κ2) is 8.83. The lowest BCUT2D eigenvalue weighted by Gasteiger charge is -2.09. The Morgan fingerprint density at radius 2 is 1.81 bits per heavy atom. The van der Waals surface area contributed by atoms with Crippen molar-refractivity contribution in [3.8, 4) is 11.5 Å². The summed E-state index contributed by atoms with van der Waals surface area (Å²) in [6.45, 7) is 3.68. The first-order chi connectivity index (χ1) is 13.2. The van der Waals surface area contributed by atoms with Crippen molar-refractivity contribution in [2.24, 2.45) is 4.99 Å². The van der Waals surface area contributed by atoms with Crippen molar-refractivity contribution in [2.45, 2.75) is 13.5 Å². The number of aromatic nitrogens is 1. The third-order valence-electron chi connectivity index (χ3n) is 4.08. The highest BCUT2D eigenvalue weighted by Crippen LogP contribution is 2.27. The van der Waals surface area contributed by atoms with E-state index < -0.39 is 0 Å². The van der Waals surface area contributed by atoms with E-state index in [0.29, 0.717) is 35.9 Å². The van der Waals surface area contributed by atoms with E-state index in [1.807, 2.05) is 35.8 Å². The summed E-state index contributed by atoms with van der Waals surface area (Å²) in [4.78, 5) is 17.8. The smallest absolute Gasteiger partial charge is 0.283 e. The molecule has 0 spiro atoms. The predicted octanol–water partition coefficient (Wildman–Crippen LogP) is 3.50. The fourth-order valence-electron chi connectivity index (χ4n) is 2.82. The van der Waals surface area contributed by atoms with E-state index in [2.05, 4.69) is 4.99 Å². The molecular weight excluding hydrogens is 364 g/mol. The summed E-state index contributed by atoms with van der Waals surface area (Å²) in [6, 6.07) is 12.9. The zero-order valence-corrected chi connectivity index (χ0v) is 16.4. The van der Waals surface area contributed by atoms with E-state index in [4.69, 9.17) is 14.2 Å². The van der Waals surface area contributed by atoms with Crippen LogP contribution in [0.15, 0.2) is 47.5 Å². The van der Waals surface area contributed by atoms with Crippen LogP contribution >= 0.6 is 11.3 Å². The number of ether oxygens (including phenoxy) is 3. The molecule has 0 N–H and O–H groups in total. The molecule has 0 atom stereocenters. The van der Waals surface area contributed by atoms with E-state index in [9.17, 15) is 4.79 Å². The summed E-state index contributed by atoms with van der Waals surface area (Å²) in [7, 11) is 3.18. The van der Waals surface area contributed by atoms with E-state index in [1.165, 1.54) is 11.3 Å². The lowest BCUT2D eigenvalue weighted by molar-refractivity contribution is 0.0993. The van der Waals surface area contributed by atoms with Gasteiger partial charge in [0.1, 0.15) is 17.0 Å². The molecule has 27 heavy (non-hydrogen) atoms. The maximum Gasteiger partial charge on any atom is 0.283 e. The number of carbonyl (C=O) groups is 1. The summed E-state index contributed by atoms with van der Waals surface area (Å²) < 4.78 is 19.3. The van der Waals surface area contributed by atoms with Crippen LogP contribution in [0, 0.1) is 0 Å². The van der Waals surface area contributed by atoms with Crippen LogP contribution in [0.5, 0.6) is 11.5 Å². The highest BCUT2D eigenvalue weighted by atomic mass is 32.1. The molecular formula is C20H22N2O4S. The Labute approximate surface area is 161 Å². The molecule has 0 aliphatic heterocycles. The van der Waals surface area contributed by atoms with E-state index >= 15 is 0 Å². The number of fused-ring (bicyclic) bond motifs is 1. The van der Waals surface area contributed by atoms with Crippen LogP contribution in [0.3, 0.4) is 0 Å². The lowest BCUT2D eigenvalue weighted by Crippen LogP contribution is -2.20. The second-order valence-electron chi connectivity index (χ2n) is 5.66. The first-order valence-corrected chi connectivity index (χ1v) is 9.47. The van der Waals surface area contributed by atoms with Crippen molar-refractivity contribution in [3.63, 3.8) is 0 Å². The number of hydrogen-bond acceptors (Lipinski definition) is 5. The van der Waals surface area contributed by atoms with Gasteiger partial charge in [0.25, 0.3) is 5.91 Å². The number of thiazole rings is 1.